The van der Waals surface area contributed by atoms with Crippen LogP contribution in [0.2, 0.25) is 0 Å². The first-order chi connectivity index (χ1) is 6.82. The molecule has 0 aliphatic heterocycles. The number of hydrogen-bond acceptors (Lipinski definition) is 0. The van der Waals surface area contributed by atoms with E-state index >= 15 is 0 Å². The maximum Gasteiger partial charge on any atom is 0.0423 e. The Bertz CT molecular complexity index is 462. The topological polar surface area (TPSA) is 0 Å². The Balaban J connectivity index is 2.29. The molecule has 3 rings (SSSR count). The van der Waals surface area contributed by atoms with Crippen LogP contribution in [0.15, 0.2) is 71.4 Å². The summed E-state index contributed by atoms with van der Waals surface area (Å²) in [5.74, 6) is 0. The number of allylic oxidation sites excluding steroid dienone is 12. The Morgan fingerprint density at radius 1 is 0.714 bits per heavy atom. The molecule has 0 spiro atoms. The third kappa shape index (κ3) is 0.784. The van der Waals surface area contributed by atoms with Crippen LogP contribution in [0, 0.1) is 5.41 Å². The Labute approximate surface area is 84.3 Å². The van der Waals surface area contributed by atoms with E-state index in [2.05, 4.69) is 61.6 Å². The first-order valence-corrected chi connectivity index (χ1v) is 4.98. The highest BCUT2D eigenvalue weighted by Crippen LogP contribution is 2.50. The number of hydrogen-bond donors (Lipinski definition) is 0. The average molecular weight is 180 g/mol. The smallest absolute Gasteiger partial charge is 0.0423 e. The molecule has 3 aliphatic carbocycles. The second-order valence-electron chi connectivity index (χ2n) is 4.07. The van der Waals surface area contributed by atoms with E-state index in [0.29, 0.717) is 0 Å². The van der Waals surface area contributed by atoms with Crippen LogP contribution in [0.25, 0.3) is 0 Å². The van der Waals surface area contributed by atoms with Crippen molar-refractivity contribution in [2.75, 3.05) is 0 Å². The molecule has 0 heteroatoms. The van der Waals surface area contributed by atoms with Crippen molar-refractivity contribution in [1.82, 2.24) is 0 Å². The minimum atomic E-state index is 0.109. The minimum absolute atomic E-state index is 0.109. The molecule has 0 aromatic heterocycles. The average Bonchev–Trinajstić information content (AvgIpc) is 2.39. The first kappa shape index (κ1) is 7.81. The quantitative estimate of drug-likeness (QED) is 0.535. The largest absolute Gasteiger partial charge is 0.0619 e. The van der Waals surface area contributed by atoms with E-state index < -0.39 is 0 Å². The zero-order valence-corrected chi connectivity index (χ0v) is 8.20. The Hall–Kier alpha value is -1.56. The molecule has 14 heavy (non-hydrogen) atoms. The third-order valence-corrected chi connectivity index (χ3v) is 3.39. The molecule has 0 aromatic rings. The molecule has 0 heterocycles. The van der Waals surface area contributed by atoms with Gasteiger partial charge in [0.15, 0.2) is 0 Å². The summed E-state index contributed by atoms with van der Waals surface area (Å²) in [5, 5.41) is 0. The van der Waals surface area contributed by atoms with E-state index in [4.69, 9.17) is 0 Å². The van der Waals surface area contributed by atoms with Crippen LogP contribution in [-0.2, 0) is 0 Å². The third-order valence-electron chi connectivity index (χ3n) is 3.39. The van der Waals surface area contributed by atoms with Gasteiger partial charge in [0.05, 0.1) is 0 Å². The zero-order valence-electron chi connectivity index (χ0n) is 8.20. The fraction of sp³-hybridized carbons (Fsp3) is 0.143. The van der Waals surface area contributed by atoms with E-state index in [9.17, 15) is 0 Å². The zero-order chi connectivity index (χ0) is 9.60. The molecular formula is C14H12. The lowest BCUT2D eigenvalue weighted by Gasteiger charge is -2.32. The van der Waals surface area contributed by atoms with Crippen molar-refractivity contribution in [3.05, 3.63) is 71.4 Å². The van der Waals surface area contributed by atoms with Crippen LogP contribution in [-0.4, -0.2) is 0 Å². The second kappa shape index (κ2) is 2.48. The molecule has 1 atom stereocenters. The van der Waals surface area contributed by atoms with Crippen molar-refractivity contribution in [3.8, 4) is 0 Å². The summed E-state index contributed by atoms with van der Waals surface area (Å²) in [4.78, 5) is 0. The van der Waals surface area contributed by atoms with E-state index in [1.807, 2.05) is 0 Å². The molecule has 0 N–H and O–H groups in total. The monoisotopic (exact) mass is 180 g/mol. The fourth-order valence-corrected chi connectivity index (χ4v) is 2.42. The van der Waals surface area contributed by atoms with Crippen LogP contribution in [0.3, 0.4) is 0 Å². The van der Waals surface area contributed by atoms with E-state index in [1.54, 1.807) is 0 Å². The molecule has 0 nitrogen and oxygen atoms in total. The van der Waals surface area contributed by atoms with Gasteiger partial charge < -0.3 is 0 Å². The van der Waals surface area contributed by atoms with Crippen molar-refractivity contribution >= 4 is 0 Å². The van der Waals surface area contributed by atoms with Crippen molar-refractivity contribution in [1.29, 1.82) is 0 Å². The summed E-state index contributed by atoms with van der Waals surface area (Å²) < 4.78 is 0. The van der Waals surface area contributed by atoms with Gasteiger partial charge in [-0.3, -0.25) is 0 Å². The summed E-state index contributed by atoms with van der Waals surface area (Å²) in [7, 11) is 0. The molecule has 0 saturated heterocycles. The minimum Gasteiger partial charge on any atom is -0.0619 e. The molecule has 0 aromatic carbocycles. The fourth-order valence-electron chi connectivity index (χ4n) is 2.42. The van der Waals surface area contributed by atoms with Crippen LogP contribution in [0.5, 0.6) is 0 Å². The van der Waals surface area contributed by atoms with Crippen LogP contribution in [0.4, 0.5) is 0 Å². The standard InChI is InChI=1S/C14H12/c1-14-11-5-2-3-6-12(14)9-10-13(14)8-4-7-11/h2-10H,1H3. The molecule has 1 unspecified atom stereocenters. The lowest BCUT2D eigenvalue weighted by molar-refractivity contribution is 0.627. The normalized spacial score (nSPS) is 31.9. The van der Waals surface area contributed by atoms with Crippen molar-refractivity contribution in [2.24, 2.45) is 5.41 Å². The Morgan fingerprint density at radius 3 is 1.86 bits per heavy atom. The highest BCUT2D eigenvalue weighted by atomic mass is 14.4. The van der Waals surface area contributed by atoms with Gasteiger partial charge in [-0.2, -0.15) is 0 Å². The molecule has 68 valence electrons. The maximum absolute atomic E-state index is 2.30. The molecular weight excluding hydrogens is 168 g/mol. The second-order valence-corrected chi connectivity index (χ2v) is 4.07. The van der Waals surface area contributed by atoms with Gasteiger partial charge in [-0.1, -0.05) is 54.7 Å². The van der Waals surface area contributed by atoms with E-state index in [1.165, 1.54) is 16.7 Å². The molecule has 0 bridgehead atoms. The van der Waals surface area contributed by atoms with Crippen molar-refractivity contribution < 1.29 is 0 Å². The predicted molar refractivity (Wildman–Crippen MR) is 59.8 cm³/mol. The maximum atomic E-state index is 2.30. The Morgan fingerprint density at radius 2 is 1.21 bits per heavy atom. The van der Waals surface area contributed by atoms with Gasteiger partial charge >= 0.3 is 0 Å². The summed E-state index contributed by atoms with van der Waals surface area (Å²) in [6.07, 6.45) is 19.7. The van der Waals surface area contributed by atoms with Gasteiger partial charge in [-0.15, -0.1) is 0 Å². The van der Waals surface area contributed by atoms with E-state index in [-0.39, 0.29) is 5.41 Å². The van der Waals surface area contributed by atoms with Crippen molar-refractivity contribution in [3.63, 3.8) is 0 Å². The van der Waals surface area contributed by atoms with Gasteiger partial charge in [0.25, 0.3) is 0 Å². The SMILES string of the molecule is CC12C3=CC=CC1=CC=C2C=CC=C3. The Kier molecular flexibility index (Phi) is 1.38. The summed E-state index contributed by atoms with van der Waals surface area (Å²) in [6.45, 7) is 2.30. The molecule has 0 amide bonds. The van der Waals surface area contributed by atoms with Gasteiger partial charge in [0.1, 0.15) is 0 Å². The predicted octanol–water partition coefficient (Wildman–Crippen LogP) is 3.48. The van der Waals surface area contributed by atoms with Crippen LogP contribution >= 0.6 is 0 Å². The highest BCUT2D eigenvalue weighted by Gasteiger charge is 2.37. The summed E-state index contributed by atoms with van der Waals surface area (Å²) in [5.41, 5.74) is 4.30. The van der Waals surface area contributed by atoms with Crippen LogP contribution in [0.1, 0.15) is 6.92 Å². The first-order valence-electron chi connectivity index (χ1n) is 4.98. The van der Waals surface area contributed by atoms with Gasteiger partial charge in [-0.25, -0.2) is 0 Å². The van der Waals surface area contributed by atoms with Gasteiger partial charge in [0.2, 0.25) is 0 Å². The lowest BCUT2D eigenvalue weighted by Crippen LogP contribution is -2.21. The summed E-state index contributed by atoms with van der Waals surface area (Å²) >= 11 is 0. The van der Waals surface area contributed by atoms with E-state index in [0.717, 1.165) is 0 Å². The van der Waals surface area contributed by atoms with Gasteiger partial charge in [0, 0.05) is 5.41 Å². The molecule has 0 fully saturated rings. The number of rotatable bonds is 0. The molecule has 0 radical (unpaired) electrons. The van der Waals surface area contributed by atoms with Crippen LogP contribution < -0.4 is 0 Å². The van der Waals surface area contributed by atoms with Gasteiger partial charge in [-0.05, 0) is 23.6 Å². The summed E-state index contributed by atoms with van der Waals surface area (Å²) in [6, 6.07) is 0. The van der Waals surface area contributed by atoms with Crippen molar-refractivity contribution in [2.45, 2.75) is 6.92 Å². The molecule has 3 aliphatic rings. The molecule has 0 saturated carbocycles. The highest BCUT2D eigenvalue weighted by molar-refractivity contribution is 5.62. The lowest BCUT2D eigenvalue weighted by atomic mass is 9.71.